The molecule has 0 spiro atoms. The molecular formula is C15H27BrN4. The van der Waals surface area contributed by atoms with E-state index in [-0.39, 0.29) is 0 Å². The molecule has 0 amide bonds. The molecule has 1 aliphatic carbocycles. The van der Waals surface area contributed by atoms with Gasteiger partial charge in [-0.1, -0.05) is 6.92 Å². The maximum absolute atomic E-state index is 4.54. The lowest BCUT2D eigenvalue weighted by atomic mass is 9.71. The maximum Gasteiger partial charge on any atom is 0.0635 e. The SMILES string of the molecule is CCCNCC1CCC1c1c(Br)cnn1CCN(C)C. The van der Waals surface area contributed by atoms with Gasteiger partial charge >= 0.3 is 0 Å². The van der Waals surface area contributed by atoms with Crippen molar-refractivity contribution in [2.24, 2.45) is 5.92 Å². The van der Waals surface area contributed by atoms with Crippen LogP contribution in [0.3, 0.4) is 0 Å². The minimum absolute atomic E-state index is 0.665. The van der Waals surface area contributed by atoms with Gasteiger partial charge in [0, 0.05) is 12.5 Å². The minimum Gasteiger partial charge on any atom is -0.316 e. The zero-order valence-corrected chi connectivity index (χ0v) is 14.5. The van der Waals surface area contributed by atoms with Crippen molar-refractivity contribution in [2.45, 2.75) is 38.6 Å². The molecule has 0 aromatic carbocycles. The summed E-state index contributed by atoms with van der Waals surface area (Å²) in [6.45, 7) is 6.50. The molecule has 1 N–H and O–H groups in total. The summed E-state index contributed by atoms with van der Waals surface area (Å²) in [5.74, 6) is 1.44. The van der Waals surface area contributed by atoms with E-state index in [4.69, 9.17) is 0 Å². The van der Waals surface area contributed by atoms with E-state index in [0.717, 1.165) is 32.1 Å². The van der Waals surface area contributed by atoms with Crippen LogP contribution in [-0.2, 0) is 6.54 Å². The zero-order chi connectivity index (χ0) is 14.5. The van der Waals surface area contributed by atoms with E-state index in [2.05, 4.69) is 56.9 Å². The Bertz CT molecular complexity index is 416. The minimum atomic E-state index is 0.665. The fourth-order valence-corrected chi connectivity index (χ4v) is 3.44. The first kappa shape index (κ1) is 16.0. The number of nitrogens with zero attached hydrogens (tertiary/aromatic N) is 3. The van der Waals surface area contributed by atoms with Gasteiger partial charge in [0.1, 0.15) is 0 Å². The highest BCUT2D eigenvalue weighted by atomic mass is 79.9. The number of hydrogen-bond donors (Lipinski definition) is 1. The molecule has 1 fully saturated rings. The maximum atomic E-state index is 4.54. The monoisotopic (exact) mass is 342 g/mol. The Labute approximate surface area is 131 Å². The Morgan fingerprint density at radius 2 is 2.25 bits per heavy atom. The van der Waals surface area contributed by atoms with E-state index < -0.39 is 0 Å². The number of rotatable bonds is 8. The largest absolute Gasteiger partial charge is 0.316 e. The first-order chi connectivity index (χ1) is 9.63. The van der Waals surface area contributed by atoms with Crippen molar-refractivity contribution in [1.29, 1.82) is 0 Å². The summed E-state index contributed by atoms with van der Waals surface area (Å²) in [7, 11) is 4.22. The van der Waals surface area contributed by atoms with E-state index in [9.17, 15) is 0 Å². The number of hydrogen-bond acceptors (Lipinski definition) is 3. The van der Waals surface area contributed by atoms with Gasteiger partial charge in [-0.2, -0.15) is 5.10 Å². The Morgan fingerprint density at radius 3 is 2.85 bits per heavy atom. The van der Waals surface area contributed by atoms with E-state index in [0.29, 0.717) is 5.92 Å². The first-order valence-corrected chi connectivity index (χ1v) is 8.49. The summed E-state index contributed by atoms with van der Waals surface area (Å²) in [6.07, 6.45) is 5.80. The fraction of sp³-hybridized carbons (Fsp3) is 0.800. The van der Waals surface area contributed by atoms with Crippen LogP contribution in [-0.4, -0.2) is 48.4 Å². The van der Waals surface area contributed by atoms with Crippen molar-refractivity contribution in [3.05, 3.63) is 16.4 Å². The number of nitrogens with one attached hydrogen (secondary N) is 1. The highest BCUT2D eigenvalue weighted by Gasteiger charge is 2.35. The topological polar surface area (TPSA) is 33.1 Å². The molecule has 2 atom stereocenters. The average Bonchev–Trinajstić information content (AvgIpc) is 2.73. The Hall–Kier alpha value is -0.390. The van der Waals surface area contributed by atoms with Gasteiger partial charge in [-0.15, -0.1) is 0 Å². The highest BCUT2D eigenvalue weighted by molar-refractivity contribution is 9.10. The second-order valence-electron chi connectivity index (χ2n) is 6.05. The van der Waals surface area contributed by atoms with E-state index in [1.165, 1.54) is 29.4 Å². The fourth-order valence-electron chi connectivity index (χ4n) is 2.85. The van der Waals surface area contributed by atoms with Crippen LogP contribution in [0.1, 0.15) is 37.8 Å². The van der Waals surface area contributed by atoms with Gasteiger partial charge in [-0.25, -0.2) is 0 Å². The summed E-state index contributed by atoms with van der Waals surface area (Å²) in [6, 6.07) is 0. The van der Waals surface area contributed by atoms with Crippen LogP contribution in [0.25, 0.3) is 0 Å². The lowest BCUT2D eigenvalue weighted by Crippen LogP contribution is -2.35. The van der Waals surface area contributed by atoms with Crippen LogP contribution in [0.5, 0.6) is 0 Å². The van der Waals surface area contributed by atoms with Crippen LogP contribution in [0.4, 0.5) is 0 Å². The van der Waals surface area contributed by atoms with Crippen LogP contribution >= 0.6 is 15.9 Å². The third-order valence-corrected chi connectivity index (χ3v) is 4.81. The standard InChI is InChI=1S/C15H27BrN4/c1-4-7-17-10-12-5-6-13(12)15-14(16)11-18-20(15)9-8-19(2)3/h11-13,17H,4-10H2,1-3H3. The molecule has 0 saturated heterocycles. The van der Waals surface area contributed by atoms with E-state index in [1.54, 1.807) is 0 Å². The van der Waals surface area contributed by atoms with Gasteiger partial charge in [-0.3, -0.25) is 4.68 Å². The lowest BCUT2D eigenvalue weighted by Gasteiger charge is -2.37. The molecule has 4 nitrogen and oxygen atoms in total. The first-order valence-electron chi connectivity index (χ1n) is 7.70. The van der Waals surface area contributed by atoms with Gasteiger partial charge < -0.3 is 10.2 Å². The number of aromatic nitrogens is 2. The van der Waals surface area contributed by atoms with Gasteiger partial charge in [0.25, 0.3) is 0 Å². The van der Waals surface area contributed by atoms with Gasteiger partial charge in [0.05, 0.1) is 22.9 Å². The third kappa shape index (κ3) is 3.83. The summed E-state index contributed by atoms with van der Waals surface area (Å²) in [5.41, 5.74) is 1.40. The highest BCUT2D eigenvalue weighted by Crippen LogP contribution is 2.44. The van der Waals surface area contributed by atoms with Crippen molar-refractivity contribution >= 4 is 15.9 Å². The Kier molecular flexibility index (Phi) is 6.05. The van der Waals surface area contributed by atoms with Crippen LogP contribution in [0, 0.1) is 5.92 Å². The normalized spacial score (nSPS) is 22.2. The second-order valence-corrected chi connectivity index (χ2v) is 6.91. The molecule has 2 rings (SSSR count). The van der Waals surface area contributed by atoms with Crippen molar-refractivity contribution < 1.29 is 0 Å². The van der Waals surface area contributed by atoms with Crippen molar-refractivity contribution in [2.75, 3.05) is 33.7 Å². The molecular weight excluding hydrogens is 316 g/mol. The van der Waals surface area contributed by atoms with Crippen molar-refractivity contribution in [3.8, 4) is 0 Å². The van der Waals surface area contributed by atoms with Crippen molar-refractivity contribution in [1.82, 2.24) is 20.0 Å². The van der Waals surface area contributed by atoms with Gasteiger partial charge in [0.2, 0.25) is 0 Å². The molecule has 2 unspecified atom stereocenters. The molecule has 0 bridgehead atoms. The molecule has 5 heteroatoms. The van der Waals surface area contributed by atoms with Gasteiger partial charge in [0.15, 0.2) is 0 Å². The molecule has 1 heterocycles. The third-order valence-electron chi connectivity index (χ3n) is 4.19. The predicted octanol–water partition coefficient (Wildman–Crippen LogP) is 2.70. The second kappa shape index (κ2) is 7.57. The van der Waals surface area contributed by atoms with E-state index in [1.807, 2.05) is 6.20 Å². The predicted molar refractivity (Wildman–Crippen MR) is 87.1 cm³/mol. The van der Waals surface area contributed by atoms with Crippen LogP contribution in [0.2, 0.25) is 0 Å². The Balaban J connectivity index is 1.98. The molecule has 0 radical (unpaired) electrons. The van der Waals surface area contributed by atoms with Crippen molar-refractivity contribution in [3.63, 3.8) is 0 Å². The molecule has 1 saturated carbocycles. The smallest absolute Gasteiger partial charge is 0.0635 e. The van der Waals surface area contributed by atoms with E-state index >= 15 is 0 Å². The molecule has 114 valence electrons. The number of halogens is 1. The van der Waals surface area contributed by atoms with Crippen LogP contribution in [0.15, 0.2) is 10.7 Å². The molecule has 20 heavy (non-hydrogen) atoms. The number of likely N-dealkylation sites (N-methyl/N-ethyl adjacent to an activating group) is 1. The Morgan fingerprint density at radius 1 is 1.45 bits per heavy atom. The summed E-state index contributed by atoms with van der Waals surface area (Å²) in [4.78, 5) is 2.21. The average molecular weight is 343 g/mol. The summed E-state index contributed by atoms with van der Waals surface area (Å²) in [5, 5.41) is 8.11. The lowest BCUT2D eigenvalue weighted by molar-refractivity contribution is 0.230. The molecule has 0 aliphatic heterocycles. The quantitative estimate of drug-likeness (QED) is 0.737. The summed E-state index contributed by atoms with van der Waals surface area (Å²) >= 11 is 3.69. The molecule has 1 aromatic heterocycles. The summed E-state index contributed by atoms with van der Waals surface area (Å²) < 4.78 is 3.38. The van der Waals surface area contributed by atoms with Crippen LogP contribution < -0.4 is 5.32 Å². The van der Waals surface area contributed by atoms with Gasteiger partial charge in [-0.05, 0) is 68.3 Å². The molecule has 1 aliphatic rings. The molecule has 1 aromatic rings. The zero-order valence-electron chi connectivity index (χ0n) is 12.9.